The van der Waals surface area contributed by atoms with E-state index in [1.165, 1.54) is 5.56 Å². The number of hydrogen-bond acceptors (Lipinski definition) is 2. The van der Waals surface area contributed by atoms with Gasteiger partial charge in [0.15, 0.2) is 0 Å². The van der Waals surface area contributed by atoms with Crippen molar-refractivity contribution in [2.75, 3.05) is 6.61 Å². The Hall–Kier alpha value is -1.02. The van der Waals surface area contributed by atoms with Crippen LogP contribution in [0.25, 0.3) is 0 Å². The third-order valence-corrected chi connectivity index (χ3v) is 1.53. The van der Waals surface area contributed by atoms with Crippen LogP contribution < -0.4 is 0 Å². The molecule has 0 saturated carbocycles. The van der Waals surface area contributed by atoms with Crippen LogP contribution in [0.15, 0.2) is 24.3 Å². The Balaban J connectivity index is 0.000000150. The highest BCUT2D eigenvalue weighted by Crippen LogP contribution is 2.07. The quantitative estimate of drug-likeness (QED) is 0.599. The number of aryl methyl sites for hydroxylation is 1. The van der Waals surface area contributed by atoms with Crippen molar-refractivity contribution >= 4 is 0 Å². The van der Waals surface area contributed by atoms with Crippen LogP contribution in [0.4, 0.5) is 0 Å². The maximum Gasteiger partial charge on any atom is 0.115 e. The summed E-state index contributed by atoms with van der Waals surface area (Å²) in [5.41, 5.74) is 1.17. The van der Waals surface area contributed by atoms with Gasteiger partial charge in [-0.2, -0.15) is 0 Å². The Labute approximate surface area is 72.8 Å². The van der Waals surface area contributed by atoms with Crippen LogP contribution in [0.5, 0.6) is 5.75 Å². The molecule has 1 N–H and O–H groups in total. The molecule has 1 fully saturated rings. The van der Waals surface area contributed by atoms with Gasteiger partial charge in [-0.1, -0.05) is 17.7 Å². The van der Waals surface area contributed by atoms with Crippen molar-refractivity contribution < 1.29 is 9.84 Å². The fourth-order valence-corrected chi connectivity index (χ4v) is 0.641. The Morgan fingerprint density at radius 2 is 1.75 bits per heavy atom. The molecule has 1 aliphatic heterocycles. The topological polar surface area (TPSA) is 32.8 Å². The number of hydrogen-bond donors (Lipinski definition) is 1. The smallest absolute Gasteiger partial charge is 0.115 e. The molecule has 66 valence electrons. The molecule has 0 spiro atoms. The van der Waals surface area contributed by atoms with Gasteiger partial charge in [0.05, 0.1) is 12.7 Å². The summed E-state index contributed by atoms with van der Waals surface area (Å²) in [5, 5.41) is 8.76. The minimum Gasteiger partial charge on any atom is -0.508 e. The monoisotopic (exact) mass is 166 g/mol. The molecule has 2 nitrogen and oxygen atoms in total. The van der Waals surface area contributed by atoms with E-state index in [4.69, 9.17) is 9.84 Å². The summed E-state index contributed by atoms with van der Waals surface area (Å²) in [7, 11) is 0. The number of ether oxygens (including phenoxy) is 1. The first-order valence-corrected chi connectivity index (χ1v) is 4.05. The maximum absolute atomic E-state index is 8.76. The van der Waals surface area contributed by atoms with Gasteiger partial charge in [-0.25, -0.2) is 0 Å². The molecule has 1 heterocycles. The Kier molecular flexibility index (Phi) is 3.11. The molecule has 1 unspecified atom stereocenters. The van der Waals surface area contributed by atoms with Crippen molar-refractivity contribution in [3.05, 3.63) is 29.8 Å². The number of benzene rings is 1. The van der Waals surface area contributed by atoms with Gasteiger partial charge < -0.3 is 9.84 Å². The third-order valence-electron chi connectivity index (χ3n) is 1.53. The molecule has 0 bridgehead atoms. The maximum atomic E-state index is 8.76. The number of rotatable bonds is 0. The van der Waals surface area contributed by atoms with Crippen LogP contribution in [0.1, 0.15) is 12.5 Å². The van der Waals surface area contributed by atoms with Gasteiger partial charge in [0.25, 0.3) is 0 Å². The molecule has 12 heavy (non-hydrogen) atoms. The highest BCUT2D eigenvalue weighted by atomic mass is 16.6. The van der Waals surface area contributed by atoms with E-state index in [0.717, 1.165) is 6.61 Å². The van der Waals surface area contributed by atoms with E-state index >= 15 is 0 Å². The van der Waals surface area contributed by atoms with Crippen LogP contribution in [0, 0.1) is 6.92 Å². The van der Waals surface area contributed by atoms with Gasteiger partial charge in [-0.3, -0.25) is 0 Å². The molecule has 0 aromatic heterocycles. The summed E-state index contributed by atoms with van der Waals surface area (Å²) >= 11 is 0. The van der Waals surface area contributed by atoms with Gasteiger partial charge in [-0.05, 0) is 26.0 Å². The molecule has 0 aliphatic carbocycles. The zero-order chi connectivity index (χ0) is 8.97. The first-order valence-electron chi connectivity index (χ1n) is 4.05. The van der Waals surface area contributed by atoms with E-state index in [0.29, 0.717) is 11.9 Å². The predicted molar refractivity (Wildman–Crippen MR) is 48.3 cm³/mol. The molecule has 2 rings (SSSR count). The Morgan fingerprint density at radius 3 is 2.00 bits per heavy atom. The summed E-state index contributed by atoms with van der Waals surface area (Å²) in [6.45, 7) is 5.03. The van der Waals surface area contributed by atoms with E-state index in [1.807, 2.05) is 19.1 Å². The lowest BCUT2D eigenvalue weighted by Crippen LogP contribution is -1.66. The molecule has 1 aromatic rings. The van der Waals surface area contributed by atoms with Crippen LogP contribution in [0.2, 0.25) is 0 Å². The van der Waals surface area contributed by atoms with E-state index in [-0.39, 0.29) is 0 Å². The molecule has 1 aliphatic rings. The normalized spacial score (nSPS) is 19.3. The number of phenolic OH excluding ortho intramolecular Hbond substituents is 1. The molecule has 0 radical (unpaired) electrons. The first kappa shape index (κ1) is 9.07. The summed E-state index contributed by atoms with van der Waals surface area (Å²) in [6.07, 6.45) is 0.583. The van der Waals surface area contributed by atoms with Crippen molar-refractivity contribution in [3.8, 4) is 5.75 Å². The molecule has 1 atom stereocenters. The second-order valence-corrected chi connectivity index (χ2v) is 2.98. The highest BCUT2D eigenvalue weighted by molar-refractivity contribution is 5.24. The van der Waals surface area contributed by atoms with E-state index in [1.54, 1.807) is 12.1 Å². The minimum atomic E-state index is 0.329. The van der Waals surface area contributed by atoms with Gasteiger partial charge in [0.1, 0.15) is 5.75 Å². The van der Waals surface area contributed by atoms with Gasteiger partial charge in [0.2, 0.25) is 0 Å². The fraction of sp³-hybridized carbons (Fsp3) is 0.400. The summed E-state index contributed by atoms with van der Waals surface area (Å²) in [5.74, 6) is 0.329. The second kappa shape index (κ2) is 4.12. The zero-order valence-electron chi connectivity index (χ0n) is 7.45. The molecule has 0 amide bonds. The first-order chi connectivity index (χ1) is 5.68. The lowest BCUT2D eigenvalue weighted by atomic mass is 10.2. The fourth-order valence-electron chi connectivity index (χ4n) is 0.641. The standard InChI is InChI=1S/C7H8O.C3H6O/c1-6-2-4-7(8)5-3-6;1-3-2-4-3/h2-5,8H,1H3;3H,2H2,1H3. The van der Waals surface area contributed by atoms with Gasteiger partial charge in [-0.15, -0.1) is 0 Å². The molecular weight excluding hydrogens is 152 g/mol. The van der Waals surface area contributed by atoms with Crippen LogP contribution in [-0.2, 0) is 4.74 Å². The average molecular weight is 166 g/mol. The van der Waals surface area contributed by atoms with Crippen molar-refractivity contribution in [2.45, 2.75) is 20.0 Å². The van der Waals surface area contributed by atoms with Crippen molar-refractivity contribution in [3.63, 3.8) is 0 Å². The predicted octanol–water partition coefficient (Wildman–Crippen LogP) is 2.11. The highest BCUT2D eigenvalue weighted by Gasteiger charge is 2.13. The molecular formula is C10H14O2. The van der Waals surface area contributed by atoms with Crippen LogP contribution >= 0.6 is 0 Å². The van der Waals surface area contributed by atoms with Crippen molar-refractivity contribution in [2.24, 2.45) is 0 Å². The van der Waals surface area contributed by atoms with Gasteiger partial charge >= 0.3 is 0 Å². The van der Waals surface area contributed by atoms with Gasteiger partial charge in [0, 0.05) is 0 Å². The lowest BCUT2D eigenvalue weighted by molar-refractivity contribution is 0.423. The summed E-state index contributed by atoms with van der Waals surface area (Å²) in [6, 6.07) is 7.09. The van der Waals surface area contributed by atoms with E-state index in [9.17, 15) is 0 Å². The number of phenols is 1. The SMILES string of the molecule is CC1CO1.Cc1ccc(O)cc1. The zero-order valence-corrected chi connectivity index (χ0v) is 7.45. The Morgan fingerprint density at radius 1 is 1.33 bits per heavy atom. The van der Waals surface area contributed by atoms with E-state index < -0.39 is 0 Å². The largest absolute Gasteiger partial charge is 0.508 e. The van der Waals surface area contributed by atoms with E-state index in [2.05, 4.69) is 6.92 Å². The molecule has 1 saturated heterocycles. The minimum absolute atomic E-state index is 0.329. The summed E-state index contributed by atoms with van der Waals surface area (Å²) in [4.78, 5) is 0. The third kappa shape index (κ3) is 3.98. The summed E-state index contributed by atoms with van der Waals surface area (Å²) < 4.78 is 4.71. The lowest BCUT2D eigenvalue weighted by Gasteiger charge is -1.89. The van der Waals surface area contributed by atoms with Crippen molar-refractivity contribution in [1.82, 2.24) is 0 Å². The average Bonchev–Trinajstić information content (AvgIpc) is 2.80. The number of epoxide rings is 1. The molecule has 1 aromatic carbocycles. The molecule has 2 heteroatoms. The Bertz CT molecular complexity index is 203. The van der Waals surface area contributed by atoms with Crippen molar-refractivity contribution in [1.29, 1.82) is 0 Å². The second-order valence-electron chi connectivity index (χ2n) is 2.98. The number of aromatic hydroxyl groups is 1. The van der Waals surface area contributed by atoms with Crippen LogP contribution in [-0.4, -0.2) is 17.8 Å². The van der Waals surface area contributed by atoms with Crippen LogP contribution in [0.3, 0.4) is 0 Å².